The van der Waals surface area contributed by atoms with Gasteiger partial charge in [-0.1, -0.05) is 23.9 Å². The molecule has 0 saturated heterocycles. The molecule has 0 radical (unpaired) electrons. The maximum absolute atomic E-state index is 11.4. The lowest BCUT2D eigenvalue weighted by molar-refractivity contribution is 0.461. The fourth-order valence-electron chi connectivity index (χ4n) is 2.14. The molecule has 0 unspecified atom stereocenters. The van der Waals surface area contributed by atoms with Crippen LogP contribution in [0.15, 0.2) is 43.8 Å². The molecular weight excluding hydrogens is 262 g/mol. The topological polar surface area (TPSA) is 57.6 Å². The zero-order chi connectivity index (χ0) is 13.6. The first kappa shape index (κ1) is 12.0. The summed E-state index contributed by atoms with van der Waals surface area (Å²) in [6.45, 7) is 2.77. The summed E-state index contributed by atoms with van der Waals surface area (Å²) in [6.07, 6.45) is 1.59. The molecule has 0 saturated carbocycles. The summed E-state index contributed by atoms with van der Waals surface area (Å²) in [7, 11) is 0. The molecule has 96 valence electrons. The fraction of sp³-hybridized carbons (Fsp3) is 0.143. The summed E-state index contributed by atoms with van der Waals surface area (Å²) in [6, 6.07) is 7.93. The van der Waals surface area contributed by atoms with Gasteiger partial charge in [0.05, 0.1) is 16.3 Å². The summed E-state index contributed by atoms with van der Waals surface area (Å²) in [4.78, 5) is 25.6. The van der Waals surface area contributed by atoms with Crippen molar-refractivity contribution in [1.82, 2.24) is 0 Å². The molecule has 1 aliphatic rings. The van der Waals surface area contributed by atoms with E-state index in [1.165, 1.54) is 11.8 Å². The van der Waals surface area contributed by atoms with Crippen molar-refractivity contribution in [3.05, 3.63) is 55.3 Å². The SMILES string of the molecule is CCN1/C(=C\c2c(O)c(=O)c2=O)Sc2ccccc21. The lowest BCUT2D eigenvalue weighted by Gasteiger charge is -2.18. The fourth-order valence-corrected chi connectivity index (χ4v) is 3.31. The molecule has 1 N–H and O–H groups in total. The molecule has 0 aromatic heterocycles. The molecule has 0 bridgehead atoms. The van der Waals surface area contributed by atoms with Gasteiger partial charge >= 0.3 is 0 Å². The van der Waals surface area contributed by atoms with Crippen LogP contribution >= 0.6 is 11.8 Å². The monoisotopic (exact) mass is 273 g/mol. The van der Waals surface area contributed by atoms with E-state index < -0.39 is 16.6 Å². The van der Waals surface area contributed by atoms with Crippen LogP contribution < -0.4 is 15.8 Å². The van der Waals surface area contributed by atoms with Gasteiger partial charge in [0.2, 0.25) is 5.43 Å². The van der Waals surface area contributed by atoms with Crippen LogP contribution in [0.25, 0.3) is 6.08 Å². The number of fused-ring (bicyclic) bond motifs is 1. The summed E-state index contributed by atoms with van der Waals surface area (Å²) in [5.41, 5.74) is -0.216. The second-order valence-electron chi connectivity index (χ2n) is 4.22. The third-order valence-electron chi connectivity index (χ3n) is 3.14. The Morgan fingerprint density at radius 2 is 2.00 bits per heavy atom. The van der Waals surface area contributed by atoms with Gasteiger partial charge in [0.15, 0.2) is 5.75 Å². The Hall–Kier alpha value is -2.01. The number of aromatic hydroxyl groups is 1. The maximum Gasteiger partial charge on any atom is 0.268 e. The van der Waals surface area contributed by atoms with E-state index in [0.29, 0.717) is 0 Å². The minimum atomic E-state index is -0.796. The van der Waals surface area contributed by atoms with Crippen molar-refractivity contribution in [2.45, 2.75) is 11.8 Å². The van der Waals surface area contributed by atoms with Gasteiger partial charge in [-0.25, -0.2) is 0 Å². The molecule has 1 heterocycles. The van der Waals surface area contributed by atoms with Crippen LogP contribution in [-0.4, -0.2) is 11.7 Å². The molecule has 0 spiro atoms. The second-order valence-corrected chi connectivity index (χ2v) is 5.28. The van der Waals surface area contributed by atoms with E-state index in [-0.39, 0.29) is 5.56 Å². The average molecular weight is 273 g/mol. The van der Waals surface area contributed by atoms with Crippen LogP contribution in [-0.2, 0) is 0 Å². The minimum absolute atomic E-state index is 0.110. The third kappa shape index (κ3) is 1.69. The van der Waals surface area contributed by atoms with Gasteiger partial charge in [0, 0.05) is 11.4 Å². The van der Waals surface area contributed by atoms with E-state index in [1.807, 2.05) is 31.2 Å². The van der Waals surface area contributed by atoms with Crippen LogP contribution in [0.3, 0.4) is 0 Å². The predicted molar refractivity (Wildman–Crippen MR) is 76.3 cm³/mol. The van der Waals surface area contributed by atoms with E-state index in [4.69, 9.17) is 0 Å². The van der Waals surface area contributed by atoms with Crippen molar-refractivity contribution in [1.29, 1.82) is 0 Å². The number of nitrogens with zero attached hydrogens (tertiary/aromatic N) is 1. The predicted octanol–water partition coefficient (Wildman–Crippen LogP) is 1.92. The Balaban J connectivity index is 2.05. The Morgan fingerprint density at radius 1 is 1.26 bits per heavy atom. The molecule has 0 fully saturated rings. The summed E-state index contributed by atoms with van der Waals surface area (Å²) >= 11 is 1.53. The molecule has 19 heavy (non-hydrogen) atoms. The zero-order valence-electron chi connectivity index (χ0n) is 10.2. The van der Waals surface area contributed by atoms with E-state index in [1.54, 1.807) is 6.08 Å². The van der Waals surface area contributed by atoms with Crippen molar-refractivity contribution in [2.24, 2.45) is 0 Å². The maximum atomic E-state index is 11.4. The second kappa shape index (κ2) is 4.28. The molecule has 2 aromatic carbocycles. The lowest BCUT2D eigenvalue weighted by Crippen LogP contribution is -2.33. The van der Waals surface area contributed by atoms with Crippen molar-refractivity contribution in [3.8, 4) is 5.75 Å². The van der Waals surface area contributed by atoms with Gasteiger partial charge in [-0.2, -0.15) is 0 Å². The molecule has 3 rings (SSSR count). The zero-order valence-corrected chi connectivity index (χ0v) is 11.0. The number of thioether (sulfide) groups is 1. The Bertz CT molecular complexity index is 756. The average Bonchev–Trinajstić information content (AvgIpc) is 2.80. The summed E-state index contributed by atoms with van der Waals surface area (Å²) < 4.78 is 0. The smallest absolute Gasteiger partial charge is 0.268 e. The molecule has 1 aliphatic heterocycles. The quantitative estimate of drug-likeness (QED) is 0.847. The highest BCUT2D eigenvalue weighted by molar-refractivity contribution is 8.03. The Kier molecular flexibility index (Phi) is 2.71. The van der Waals surface area contributed by atoms with E-state index >= 15 is 0 Å². The van der Waals surface area contributed by atoms with Gasteiger partial charge in [0.25, 0.3) is 5.43 Å². The van der Waals surface area contributed by atoms with E-state index in [2.05, 4.69) is 4.90 Å². The van der Waals surface area contributed by atoms with Crippen molar-refractivity contribution in [3.63, 3.8) is 0 Å². The Morgan fingerprint density at radius 3 is 2.68 bits per heavy atom. The van der Waals surface area contributed by atoms with Crippen molar-refractivity contribution < 1.29 is 5.11 Å². The standard InChI is InChI=1S/C14H11NO3S/c1-2-15-9-5-3-4-6-10(9)19-11(15)7-8-12(16)14(18)13(8)17/h3-7,16H,2H2,1H3/b11-7+. The molecule has 2 aromatic rings. The first-order valence-corrected chi connectivity index (χ1v) is 6.73. The minimum Gasteiger partial charge on any atom is -0.504 e. The normalized spacial score (nSPS) is 16.3. The third-order valence-corrected chi connectivity index (χ3v) is 4.25. The van der Waals surface area contributed by atoms with Crippen LogP contribution in [0, 0.1) is 0 Å². The van der Waals surface area contributed by atoms with Gasteiger partial charge in [0.1, 0.15) is 0 Å². The van der Waals surface area contributed by atoms with Crippen LogP contribution in [0.1, 0.15) is 12.5 Å². The van der Waals surface area contributed by atoms with Crippen LogP contribution in [0.2, 0.25) is 0 Å². The molecule has 0 aliphatic carbocycles. The van der Waals surface area contributed by atoms with Crippen molar-refractivity contribution in [2.75, 3.05) is 11.4 Å². The van der Waals surface area contributed by atoms with Gasteiger partial charge in [-0.3, -0.25) is 9.59 Å². The highest BCUT2D eigenvalue weighted by Gasteiger charge is 2.26. The molecule has 4 nitrogen and oxygen atoms in total. The van der Waals surface area contributed by atoms with Gasteiger partial charge in [-0.05, 0) is 25.1 Å². The number of para-hydroxylation sites is 1. The van der Waals surface area contributed by atoms with Crippen LogP contribution in [0.5, 0.6) is 5.75 Å². The summed E-state index contributed by atoms with van der Waals surface area (Å²) in [5.74, 6) is -0.426. The number of anilines is 1. The molecule has 5 heteroatoms. The van der Waals surface area contributed by atoms with Gasteiger partial charge < -0.3 is 10.0 Å². The number of rotatable bonds is 2. The number of benzene rings is 1. The van der Waals surface area contributed by atoms with Gasteiger partial charge in [-0.15, -0.1) is 0 Å². The largest absolute Gasteiger partial charge is 0.504 e. The van der Waals surface area contributed by atoms with Crippen LogP contribution in [0.4, 0.5) is 5.69 Å². The highest BCUT2D eigenvalue weighted by atomic mass is 32.2. The lowest BCUT2D eigenvalue weighted by atomic mass is 10.1. The van der Waals surface area contributed by atoms with E-state index in [9.17, 15) is 14.7 Å². The van der Waals surface area contributed by atoms with Crippen molar-refractivity contribution >= 4 is 23.5 Å². The number of hydrogen-bond donors (Lipinski definition) is 1. The molecular formula is C14H11NO3S. The number of hydrogen-bond acceptors (Lipinski definition) is 5. The highest BCUT2D eigenvalue weighted by Crippen LogP contribution is 2.46. The first-order chi connectivity index (χ1) is 9.13. The first-order valence-electron chi connectivity index (χ1n) is 5.92. The Labute approximate surface area is 113 Å². The molecule has 0 amide bonds. The summed E-state index contributed by atoms with van der Waals surface area (Å²) in [5, 5.41) is 10.3. The molecule has 0 atom stereocenters. The van der Waals surface area contributed by atoms with E-state index in [0.717, 1.165) is 22.2 Å².